The molecule has 0 bridgehead atoms. The number of rotatable bonds is 10. The molecule has 2 aromatic rings. The fraction of sp³-hybridized carbons (Fsp3) is 0.391. The van der Waals surface area contributed by atoms with Gasteiger partial charge in [0.1, 0.15) is 5.75 Å². The SMILES string of the molecule is CCCCCCOc1ccc(Br)cc1C(=O)Nc1ccc(NC(=O)C(C)C)cc1. The normalized spacial score (nSPS) is 10.7. The topological polar surface area (TPSA) is 67.4 Å². The van der Waals surface area contributed by atoms with Crippen LogP contribution >= 0.6 is 15.9 Å². The summed E-state index contributed by atoms with van der Waals surface area (Å²) in [6.45, 7) is 6.44. The van der Waals surface area contributed by atoms with Crippen LogP contribution in [-0.2, 0) is 4.79 Å². The molecule has 0 radical (unpaired) electrons. The van der Waals surface area contributed by atoms with E-state index in [0.717, 1.165) is 17.3 Å². The Balaban J connectivity index is 2.02. The first-order valence-electron chi connectivity index (χ1n) is 10.0. The average Bonchev–Trinajstić information content (AvgIpc) is 2.70. The number of carbonyl (C=O) groups is 2. The van der Waals surface area contributed by atoms with Crippen molar-refractivity contribution in [3.05, 3.63) is 52.5 Å². The van der Waals surface area contributed by atoms with Gasteiger partial charge in [-0.2, -0.15) is 0 Å². The van der Waals surface area contributed by atoms with Crippen molar-refractivity contribution in [1.82, 2.24) is 0 Å². The number of anilines is 2. The van der Waals surface area contributed by atoms with Crippen molar-refractivity contribution in [3.63, 3.8) is 0 Å². The van der Waals surface area contributed by atoms with Gasteiger partial charge in [0.25, 0.3) is 5.91 Å². The van der Waals surface area contributed by atoms with Crippen molar-refractivity contribution in [1.29, 1.82) is 0 Å². The Kier molecular flexibility index (Phi) is 9.19. The summed E-state index contributed by atoms with van der Waals surface area (Å²) in [5.74, 6) is 0.194. The molecule has 0 atom stereocenters. The van der Waals surface area contributed by atoms with E-state index in [1.807, 2.05) is 26.0 Å². The Hall–Kier alpha value is -2.34. The van der Waals surface area contributed by atoms with Crippen LogP contribution in [0.4, 0.5) is 11.4 Å². The van der Waals surface area contributed by atoms with Crippen molar-refractivity contribution in [2.75, 3.05) is 17.2 Å². The van der Waals surface area contributed by atoms with E-state index in [-0.39, 0.29) is 17.7 Å². The summed E-state index contributed by atoms with van der Waals surface area (Å²) in [4.78, 5) is 24.6. The van der Waals surface area contributed by atoms with Gasteiger partial charge in [0.15, 0.2) is 0 Å². The van der Waals surface area contributed by atoms with Crippen LogP contribution < -0.4 is 15.4 Å². The Morgan fingerprint density at radius 1 is 0.966 bits per heavy atom. The van der Waals surface area contributed by atoms with Gasteiger partial charge >= 0.3 is 0 Å². The Morgan fingerprint density at radius 2 is 1.62 bits per heavy atom. The maximum absolute atomic E-state index is 12.8. The third kappa shape index (κ3) is 7.54. The molecular formula is C23H29BrN2O3. The second kappa shape index (κ2) is 11.6. The number of benzene rings is 2. The molecule has 0 saturated carbocycles. The third-order valence-corrected chi connectivity index (χ3v) is 4.87. The Bertz CT molecular complexity index is 819. The largest absolute Gasteiger partial charge is 0.493 e. The van der Waals surface area contributed by atoms with Gasteiger partial charge in [-0.3, -0.25) is 9.59 Å². The summed E-state index contributed by atoms with van der Waals surface area (Å²) in [6, 6.07) is 12.5. The first-order valence-corrected chi connectivity index (χ1v) is 10.8. The summed E-state index contributed by atoms with van der Waals surface area (Å²) >= 11 is 3.42. The van der Waals surface area contributed by atoms with Crippen LogP contribution in [0.15, 0.2) is 46.9 Å². The zero-order valence-corrected chi connectivity index (χ0v) is 18.8. The molecule has 5 nitrogen and oxygen atoms in total. The van der Waals surface area contributed by atoms with Gasteiger partial charge in [0.05, 0.1) is 12.2 Å². The van der Waals surface area contributed by atoms with Gasteiger partial charge in [0.2, 0.25) is 5.91 Å². The lowest BCUT2D eigenvalue weighted by molar-refractivity contribution is -0.118. The van der Waals surface area contributed by atoms with E-state index < -0.39 is 0 Å². The van der Waals surface area contributed by atoms with E-state index in [4.69, 9.17) is 4.74 Å². The highest BCUT2D eigenvalue weighted by atomic mass is 79.9. The number of hydrogen-bond donors (Lipinski definition) is 2. The van der Waals surface area contributed by atoms with Gasteiger partial charge in [0, 0.05) is 21.8 Å². The molecule has 0 aromatic heterocycles. The van der Waals surface area contributed by atoms with Crippen LogP contribution in [0, 0.1) is 5.92 Å². The van der Waals surface area contributed by atoms with E-state index in [2.05, 4.69) is 33.5 Å². The molecule has 0 aliphatic heterocycles. The molecule has 2 N–H and O–H groups in total. The highest BCUT2D eigenvalue weighted by Crippen LogP contribution is 2.25. The van der Waals surface area contributed by atoms with Crippen molar-refractivity contribution in [2.24, 2.45) is 5.92 Å². The number of unbranched alkanes of at least 4 members (excludes halogenated alkanes) is 3. The Labute approximate surface area is 181 Å². The molecule has 2 rings (SSSR count). The van der Waals surface area contributed by atoms with Crippen molar-refractivity contribution in [2.45, 2.75) is 46.5 Å². The van der Waals surface area contributed by atoms with E-state index in [9.17, 15) is 9.59 Å². The number of amides is 2. The fourth-order valence-electron chi connectivity index (χ4n) is 2.64. The monoisotopic (exact) mass is 460 g/mol. The number of carbonyl (C=O) groups excluding carboxylic acids is 2. The third-order valence-electron chi connectivity index (χ3n) is 4.38. The lowest BCUT2D eigenvalue weighted by atomic mass is 10.1. The summed E-state index contributed by atoms with van der Waals surface area (Å²) in [5.41, 5.74) is 1.82. The van der Waals surface area contributed by atoms with E-state index >= 15 is 0 Å². The smallest absolute Gasteiger partial charge is 0.259 e. The van der Waals surface area contributed by atoms with Gasteiger partial charge in [-0.05, 0) is 48.9 Å². The summed E-state index contributed by atoms with van der Waals surface area (Å²) < 4.78 is 6.67. The first-order chi connectivity index (χ1) is 13.9. The van der Waals surface area contributed by atoms with Crippen LogP contribution in [0.2, 0.25) is 0 Å². The minimum Gasteiger partial charge on any atom is -0.493 e. The van der Waals surface area contributed by atoms with E-state index in [1.54, 1.807) is 30.3 Å². The lowest BCUT2D eigenvalue weighted by Crippen LogP contribution is -2.17. The Morgan fingerprint density at radius 3 is 2.24 bits per heavy atom. The van der Waals surface area contributed by atoms with E-state index in [1.165, 1.54) is 12.8 Å². The maximum Gasteiger partial charge on any atom is 0.259 e. The molecule has 0 aliphatic rings. The standard InChI is InChI=1S/C23H29BrN2O3/c1-4-5-6-7-14-29-21-13-8-17(24)15-20(21)23(28)26-19-11-9-18(10-12-19)25-22(27)16(2)3/h8-13,15-16H,4-7,14H2,1-3H3,(H,25,27)(H,26,28). The van der Waals surface area contributed by atoms with Gasteiger partial charge in [-0.25, -0.2) is 0 Å². The number of nitrogens with one attached hydrogen (secondary N) is 2. The van der Waals surface area contributed by atoms with Gasteiger partial charge in [-0.1, -0.05) is 56.0 Å². The predicted octanol–water partition coefficient (Wildman–Crippen LogP) is 6.26. The minimum absolute atomic E-state index is 0.0448. The summed E-state index contributed by atoms with van der Waals surface area (Å²) in [5, 5.41) is 5.72. The summed E-state index contributed by atoms with van der Waals surface area (Å²) in [6.07, 6.45) is 4.44. The molecule has 0 saturated heterocycles. The van der Waals surface area contributed by atoms with Crippen LogP contribution in [0.1, 0.15) is 56.8 Å². The molecule has 156 valence electrons. The molecule has 0 unspecified atom stereocenters. The van der Waals surface area contributed by atoms with Crippen LogP contribution in [0.5, 0.6) is 5.75 Å². The number of hydrogen-bond acceptors (Lipinski definition) is 3. The molecule has 0 heterocycles. The van der Waals surface area contributed by atoms with Crippen LogP contribution in [0.25, 0.3) is 0 Å². The van der Waals surface area contributed by atoms with Gasteiger partial charge in [-0.15, -0.1) is 0 Å². The minimum atomic E-state index is -0.242. The van der Waals surface area contributed by atoms with Gasteiger partial charge < -0.3 is 15.4 Å². The maximum atomic E-state index is 12.8. The second-order valence-corrected chi connectivity index (χ2v) is 8.14. The van der Waals surface area contributed by atoms with Crippen molar-refractivity contribution < 1.29 is 14.3 Å². The molecule has 2 aromatic carbocycles. The quantitative estimate of drug-likeness (QED) is 0.411. The molecule has 0 fully saturated rings. The molecule has 0 aliphatic carbocycles. The van der Waals surface area contributed by atoms with E-state index in [0.29, 0.717) is 29.3 Å². The van der Waals surface area contributed by atoms with Crippen molar-refractivity contribution in [3.8, 4) is 5.75 Å². The highest BCUT2D eigenvalue weighted by Gasteiger charge is 2.14. The molecular weight excluding hydrogens is 432 g/mol. The van der Waals surface area contributed by atoms with Crippen LogP contribution in [-0.4, -0.2) is 18.4 Å². The molecule has 6 heteroatoms. The zero-order chi connectivity index (χ0) is 21.2. The lowest BCUT2D eigenvalue weighted by Gasteiger charge is -2.13. The zero-order valence-electron chi connectivity index (χ0n) is 17.3. The summed E-state index contributed by atoms with van der Waals surface area (Å²) in [7, 11) is 0. The second-order valence-electron chi connectivity index (χ2n) is 7.23. The average molecular weight is 461 g/mol. The van der Waals surface area contributed by atoms with Crippen LogP contribution in [0.3, 0.4) is 0 Å². The number of ether oxygens (including phenoxy) is 1. The highest BCUT2D eigenvalue weighted by molar-refractivity contribution is 9.10. The van der Waals surface area contributed by atoms with Crippen molar-refractivity contribution >= 4 is 39.1 Å². The molecule has 0 spiro atoms. The predicted molar refractivity (Wildman–Crippen MR) is 122 cm³/mol. The molecule has 2 amide bonds. The number of halogens is 1. The fourth-order valence-corrected chi connectivity index (χ4v) is 3.00. The molecule has 29 heavy (non-hydrogen) atoms. The first kappa shape index (κ1) is 22.9.